The number of alkyl halides is 2. The average molecular weight is 383 g/mol. The van der Waals surface area contributed by atoms with Gasteiger partial charge in [-0.15, -0.1) is 0 Å². The van der Waals surface area contributed by atoms with Crippen molar-refractivity contribution in [3.05, 3.63) is 70.5 Å². The van der Waals surface area contributed by atoms with Gasteiger partial charge in [-0.05, 0) is 24.3 Å². The largest absolute Gasteiger partial charge is 0.349 e. The van der Waals surface area contributed by atoms with Gasteiger partial charge in [-0.25, -0.2) is 9.97 Å². The van der Waals surface area contributed by atoms with Gasteiger partial charge in [0.15, 0.2) is 5.82 Å². The van der Waals surface area contributed by atoms with Crippen molar-refractivity contribution in [1.29, 1.82) is 0 Å². The number of aromatic amines is 1. The molecule has 2 aromatic carbocycles. The van der Waals surface area contributed by atoms with E-state index in [1.54, 1.807) is 48.5 Å². The number of halogens is 2. The molecule has 7 nitrogen and oxygen atoms in total. The van der Waals surface area contributed by atoms with Gasteiger partial charge in [0, 0.05) is 13.0 Å². The summed E-state index contributed by atoms with van der Waals surface area (Å²) in [5, 5.41) is 2.96. The van der Waals surface area contributed by atoms with Crippen molar-refractivity contribution in [1.82, 2.24) is 24.8 Å². The first-order valence-electron chi connectivity index (χ1n) is 8.56. The molecule has 1 amide bonds. The molecule has 28 heavy (non-hydrogen) atoms. The van der Waals surface area contributed by atoms with Crippen molar-refractivity contribution in [2.24, 2.45) is 0 Å². The van der Waals surface area contributed by atoms with Crippen LogP contribution in [0.4, 0.5) is 8.78 Å². The van der Waals surface area contributed by atoms with E-state index in [2.05, 4.69) is 20.3 Å². The number of aromatic nitrogens is 4. The fourth-order valence-electron chi connectivity index (χ4n) is 3.05. The molecule has 0 fully saturated rings. The summed E-state index contributed by atoms with van der Waals surface area (Å²) >= 11 is 0. The number of nitrogens with zero attached hydrogens (tertiary/aromatic N) is 3. The molecule has 2 heterocycles. The highest BCUT2D eigenvalue weighted by atomic mass is 19.3. The zero-order valence-corrected chi connectivity index (χ0v) is 14.5. The third-order valence-electron chi connectivity index (χ3n) is 4.33. The standard InChI is InChI=1S/C19H15F2N5O2/c20-19(21)26-14-8-4-3-7-13(14)23-15(26)9-10-22-18(28)16-24-12-6-2-1-5-11(12)17(27)25-16/h1-8,19H,9-10H2,(H,22,28)(H,24,25,27). The van der Waals surface area contributed by atoms with Gasteiger partial charge in [0.05, 0.1) is 21.9 Å². The lowest BCUT2D eigenvalue weighted by atomic mass is 10.2. The number of carbonyl (C=O) groups is 1. The van der Waals surface area contributed by atoms with Crippen LogP contribution in [0.2, 0.25) is 0 Å². The summed E-state index contributed by atoms with van der Waals surface area (Å²) in [6.45, 7) is -2.68. The molecule has 2 aromatic heterocycles. The first-order chi connectivity index (χ1) is 13.5. The molecule has 0 radical (unpaired) electrons. The van der Waals surface area contributed by atoms with Crippen LogP contribution < -0.4 is 10.9 Å². The molecule has 2 N–H and O–H groups in total. The predicted molar refractivity (Wildman–Crippen MR) is 99.4 cm³/mol. The highest BCUT2D eigenvalue weighted by molar-refractivity contribution is 5.92. The second-order valence-electron chi connectivity index (χ2n) is 6.10. The van der Waals surface area contributed by atoms with Crippen LogP contribution in [-0.4, -0.2) is 32.0 Å². The van der Waals surface area contributed by atoms with Crippen LogP contribution in [0.15, 0.2) is 53.3 Å². The Balaban J connectivity index is 1.51. The third-order valence-corrected chi connectivity index (χ3v) is 4.33. The highest BCUT2D eigenvalue weighted by Crippen LogP contribution is 2.23. The van der Waals surface area contributed by atoms with Crippen molar-refractivity contribution in [3.63, 3.8) is 0 Å². The van der Waals surface area contributed by atoms with Gasteiger partial charge in [0.25, 0.3) is 11.5 Å². The van der Waals surface area contributed by atoms with Crippen molar-refractivity contribution >= 4 is 27.8 Å². The first kappa shape index (κ1) is 17.8. The smallest absolute Gasteiger partial charge is 0.320 e. The van der Waals surface area contributed by atoms with E-state index < -0.39 is 18.0 Å². The Morgan fingerprint density at radius 2 is 1.79 bits per heavy atom. The van der Waals surface area contributed by atoms with Gasteiger partial charge >= 0.3 is 6.55 Å². The summed E-state index contributed by atoms with van der Waals surface area (Å²) in [6.07, 6.45) is 0.0998. The number of H-pyrrole nitrogens is 1. The van der Waals surface area contributed by atoms with Crippen molar-refractivity contribution in [3.8, 4) is 0 Å². The molecule has 0 aliphatic carbocycles. The molecular weight excluding hydrogens is 368 g/mol. The molecule has 0 unspecified atom stereocenters. The van der Waals surface area contributed by atoms with Crippen LogP contribution in [-0.2, 0) is 6.42 Å². The van der Waals surface area contributed by atoms with Crippen molar-refractivity contribution < 1.29 is 13.6 Å². The van der Waals surface area contributed by atoms with Gasteiger partial charge in [0.2, 0.25) is 0 Å². The van der Waals surface area contributed by atoms with E-state index in [0.717, 1.165) is 4.57 Å². The lowest BCUT2D eigenvalue weighted by Crippen LogP contribution is -2.30. The van der Waals surface area contributed by atoms with E-state index in [1.165, 1.54) is 0 Å². The average Bonchev–Trinajstić information content (AvgIpc) is 3.06. The van der Waals surface area contributed by atoms with Crippen LogP contribution in [0, 0.1) is 0 Å². The molecule has 0 aliphatic heterocycles. The van der Waals surface area contributed by atoms with Gasteiger partial charge in [-0.1, -0.05) is 24.3 Å². The molecule has 9 heteroatoms. The molecule has 0 atom stereocenters. The Labute approximate surface area is 157 Å². The number of carbonyl (C=O) groups excluding carboxylic acids is 1. The molecule has 0 spiro atoms. The number of rotatable bonds is 5. The Kier molecular flexibility index (Phi) is 4.56. The van der Waals surface area contributed by atoms with Crippen LogP contribution in [0.25, 0.3) is 21.9 Å². The van der Waals surface area contributed by atoms with E-state index in [-0.39, 0.29) is 24.6 Å². The van der Waals surface area contributed by atoms with Gasteiger partial charge in [0.1, 0.15) is 5.82 Å². The molecule has 142 valence electrons. The maximum atomic E-state index is 13.4. The fourth-order valence-corrected chi connectivity index (χ4v) is 3.05. The van der Waals surface area contributed by atoms with E-state index in [1.807, 2.05) is 0 Å². The van der Waals surface area contributed by atoms with E-state index in [9.17, 15) is 18.4 Å². The zero-order chi connectivity index (χ0) is 19.7. The number of benzene rings is 2. The summed E-state index contributed by atoms with van der Waals surface area (Å²) in [6, 6.07) is 13.3. The van der Waals surface area contributed by atoms with Crippen LogP contribution in [0.3, 0.4) is 0 Å². The fraction of sp³-hybridized carbons (Fsp3) is 0.158. The minimum absolute atomic E-state index is 0.0609. The summed E-state index contributed by atoms with van der Waals surface area (Å²) < 4.78 is 27.7. The molecule has 0 saturated carbocycles. The van der Waals surface area contributed by atoms with E-state index >= 15 is 0 Å². The zero-order valence-electron chi connectivity index (χ0n) is 14.5. The lowest BCUT2D eigenvalue weighted by Gasteiger charge is -2.08. The summed E-state index contributed by atoms with van der Waals surface area (Å²) in [4.78, 5) is 35.1. The molecular formula is C19H15F2N5O2. The number of para-hydroxylation sites is 3. The van der Waals surface area contributed by atoms with Crippen LogP contribution >= 0.6 is 0 Å². The normalized spacial score (nSPS) is 11.4. The number of nitrogens with one attached hydrogen (secondary N) is 2. The van der Waals surface area contributed by atoms with Crippen LogP contribution in [0.1, 0.15) is 23.0 Å². The summed E-state index contributed by atoms with van der Waals surface area (Å²) in [5.41, 5.74) is 0.773. The molecule has 0 bridgehead atoms. The Morgan fingerprint density at radius 3 is 2.57 bits per heavy atom. The molecule has 0 aliphatic rings. The highest BCUT2D eigenvalue weighted by Gasteiger charge is 2.18. The number of fused-ring (bicyclic) bond motifs is 2. The van der Waals surface area contributed by atoms with Crippen molar-refractivity contribution in [2.75, 3.05) is 6.54 Å². The SMILES string of the molecule is O=C(NCCc1nc2ccccc2n1C(F)F)c1nc2ccccc2c(=O)[nH]1. The van der Waals surface area contributed by atoms with Gasteiger partial charge < -0.3 is 10.3 Å². The molecule has 4 aromatic rings. The maximum absolute atomic E-state index is 13.4. The number of amides is 1. The maximum Gasteiger partial charge on any atom is 0.320 e. The van der Waals surface area contributed by atoms with Gasteiger partial charge in [-0.3, -0.25) is 14.2 Å². The monoisotopic (exact) mass is 383 g/mol. The second kappa shape index (κ2) is 7.18. The molecule has 4 rings (SSSR count). The van der Waals surface area contributed by atoms with E-state index in [4.69, 9.17) is 0 Å². The van der Waals surface area contributed by atoms with Gasteiger partial charge in [-0.2, -0.15) is 8.78 Å². The van der Waals surface area contributed by atoms with E-state index in [0.29, 0.717) is 21.9 Å². The summed E-state index contributed by atoms with van der Waals surface area (Å²) in [5.74, 6) is -0.565. The first-order valence-corrected chi connectivity index (χ1v) is 8.56. The summed E-state index contributed by atoms with van der Waals surface area (Å²) in [7, 11) is 0. The Morgan fingerprint density at radius 1 is 1.07 bits per heavy atom. The number of hydrogen-bond donors (Lipinski definition) is 2. The molecule has 0 saturated heterocycles. The quantitative estimate of drug-likeness (QED) is 0.554. The lowest BCUT2D eigenvalue weighted by molar-refractivity contribution is 0.0715. The number of imidazole rings is 1. The second-order valence-corrected chi connectivity index (χ2v) is 6.10. The minimum atomic E-state index is -2.74. The number of hydrogen-bond acceptors (Lipinski definition) is 4. The predicted octanol–water partition coefficient (Wildman–Crippen LogP) is 2.64. The Bertz CT molecular complexity index is 1230. The topological polar surface area (TPSA) is 92.7 Å². The van der Waals surface area contributed by atoms with Crippen molar-refractivity contribution in [2.45, 2.75) is 13.0 Å². The third kappa shape index (κ3) is 3.22. The Hall–Kier alpha value is -3.62. The van der Waals surface area contributed by atoms with Crippen LogP contribution in [0.5, 0.6) is 0 Å². The minimum Gasteiger partial charge on any atom is -0.349 e.